The number of aliphatic hydroxyl groups excluding tert-OH is 1. The van der Waals surface area contributed by atoms with E-state index in [-0.39, 0.29) is 30.4 Å². The van der Waals surface area contributed by atoms with Gasteiger partial charge in [0.2, 0.25) is 14.3 Å². The zero-order valence-corrected chi connectivity index (χ0v) is 22.7. The highest BCUT2D eigenvalue weighted by molar-refractivity contribution is 6.72. The van der Waals surface area contributed by atoms with Crippen LogP contribution in [0.15, 0.2) is 48.5 Å². The molecule has 5 atom stereocenters. The maximum atomic E-state index is 15.5. The number of carbonyl (C=O) groups is 2. The first-order chi connectivity index (χ1) is 17.7. The summed E-state index contributed by atoms with van der Waals surface area (Å²) >= 11 is 0. The van der Waals surface area contributed by atoms with Gasteiger partial charge in [0.1, 0.15) is 0 Å². The number of benzene rings is 2. The van der Waals surface area contributed by atoms with Crippen molar-refractivity contribution in [2.75, 3.05) is 23.4 Å². The molecule has 7 nitrogen and oxygen atoms in total. The van der Waals surface area contributed by atoms with E-state index in [4.69, 9.17) is 4.74 Å². The molecule has 9 heteroatoms. The number of amides is 2. The number of anilines is 2. The Hall–Kier alpha value is -2.59. The number of nitrogens with one attached hydrogen (secondary N) is 2. The summed E-state index contributed by atoms with van der Waals surface area (Å²) in [4.78, 5) is 28.3. The third-order valence-corrected chi connectivity index (χ3v) is 10.7. The van der Waals surface area contributed by atoms with E-state index < -0.39 is 25.7 Å². The minimum atomic E-state index is -3.20. The van der Waals surface area contributed by atoms with Crippen molar-refractivity contribution >= 4 is 31.6 Å². The average Bonchev–Trinajstić information content (AvgIpc) is 3.55. The number of rotatable bonds is 7. The van der Waals surface area contributed by atoms with E-state index in [0.29, 0.717) is 18.7 Å². The predicted molar refractivity (Wildman–Crippen MR) is 143 cm³/mol. The van der Waals surface area contributed by atoms with Gasteiger partial charge in [-0.25, -0.2) is 0 Å². The van der Waals surface area contributed by atoms with Gasteiger partial charge in [0.25, 0.3) is 5.91 Å². The highest BCUT2D eigenvalue weighted by atomic mass is 28.4. The van der Waals surface area contributed by atoms with Crippen molar-refractivity contribution < 1.29 is 23.5 Å². The molecule has 3 aliphatic rings. The average molecular weight is 526 g/mol. The summed E-state index contributed by atoms with van der Waals surface area (Å²) in [7, 11) is -3.20. The minimum Gasteiger partial charge on any atom is -0.396 e. The molecular formula is C28H36FN3O4Si. The second kappa shape index (κ2) is 9.94. The second-order valence-electron chi connectivity index (χ2n) is 11.0. The molecule has 0 radical (unpaired) electrons. The number of aliphatic hydroxyl groups is 1. The molecule has 2 saturated heterocycles. The smallest absolute Gasteiger partial charge is 0.264 e. The Labute approximate surface area is 218 Å². The number of nitrogens with zero attached hydrogens (tertiary/aromatic N) is 1. The second-order valence-corrected chi connectivity index (χ2v) is 14.8. The first kappa shape index (κ1) is 26.0. The molecule has 0 saturated carbocycles. The molecule has 0 aliphatic carbocycles. The van der Waals surface area contributed by atoms with Crippen LogP contribution in [0, 0.1) is 5.92 Å². The fourth-order valence-corrected chi connectivity index (χ4v) is 9.11. The highest BCUT2D eigenvalue weighted by Crippen LogP contribution is 2.60. The van der Waals surface area contributed by atoms with Gasteiger partial charge in [-0.15, -0.1) is 0 Å². The van der Waals surface area contributed by atoms with Gasteiger partial charge in [0, 0.05) is 29.3 Å². The molecule has 0 bridgehead atoms. The van der Waals surface area contributed by atoms with E-state index >= 15 is 4.11 Å². The number of hydrogen-bond acceptors (Lipinski definition) is 5. The molecule has 37 heavy (non-hydrogen) atoms. The van der Waals surface area contributed by atoms with Gasteiger partial charge >= 0.3 is 0 Å². The van der Waals surface area contributed by atoms with E-state index in [1.807, 2.05) is 55.5 Å². The van der Waals surface area contributed by atoms with Crippen LogP contribution in [0.4, 0.5) is 15.5 Å². The molecule has 3 N–H and O–H groups in total. The molecule has 2 fully saturated rings. The Morgan fingerprint density at radius 3 is 2.62 bits per heavy atom. The Morgan fingerprint density at radius 2 is 1.97 bits per heavy atom. The fraction of sp³-hybridized carbons (Fsp3) is 0.500. The van der Waals surface area contributed by atoms with Crippen molar-refractivity contribution in [2.24, 2.45) is 5.92 Å². The summed E-state index contributed by atoms with van der Waals surface area (Å²) in [5, 5.41) is 15.8. The molecule has 0 aromatic heterocycles. The van der Waals surface area contributed by atoms with Gasteiger partial charge < -0.3 is 29.5 Å². The first-order valence-corrected chi connectivity index (χ1v) is 16.1. The van der Waals surface area contributed by atoms with Crippen LogP contribution < -0.4 is 15.5 Å². The molecule has 2 aromatic rings. The number of fused-ring (bicyclic) bond motifs is 2. The molecule has 2 amide bonds. The summed E-state index contributed by atoms with van der Waals surface area (Å²) in [6.07, 6.45) is 1.63. The molecule has 198 valence electrons. The molecular weight excluding hydrogens is 489 g/mol. The summed E-state index contributed by atoms with van der Waals surface area (Å²) in [6.45, 7) is 6.32. The third kappa shape index (κ3) is 4.52. The van der Waals surface area contributed by atoms with Crippen molar-refractivity contribution in [2.45, 2.75) is 69.1 Å². The minimum absolute atomic E-state index is 0.0328. The highest BCUT2D eigenvalue weighted by Gasteiger charge is 2.66. The van der Waals surface area contributed by atoms with Gasteiger partial charge in [0.15, 0.2) is 5.60 Å². The first-order valence-electron chi connectivity index (χ1n) is 13.2. The van der Waals surface area contributed by atoms with Crippen LogP contribution in [0.3, 0.4) is 0 Å². The zero-order valence-electron chi connectivity index (χ0n) is 21.7. The molecule has 1 spiro atoms. The van der Waals surface area contributed by atoms with Crippen molar-refractivity contribution in [3.63, 3.8) is 0 Å². The maximum absolute atomic E-state index is 15.5. The Kier molecular flexibility index (Phi) is 6.99. The van der Waals surface area contributed by atoms with Gasteiger partial charge in [-0.2, -0.15) is 0 Å². The lowest BCUT2D eigenvalue weighted by Crippen LogP contribution is -2.45. The largest absolute Gasteiger partial charge is 0.396 e. The number of carbonyl (C=O) groups excluding carboxylic acids is 2. The Bertz CT molecular complexity index is 1160. The third-order valence-electron chi connectivity index (χ3n) is 8.22. The molecule has 3 aliphatic heterocycles. The number of hydrogen-bond donors (Lipinski definition) is 3. The van der Waals surface area contributed by atoms with Crippen LogP contribution in [-0.2, 0) is 26.5 Å². The number of ether oxygens (including phenoxy) is 1. The standard InChI is InChI=1S/C28H36FN3O4Si/c1-18-25(37(2,3)29)24(14-16-33)36-28(18)21-7-4-5-9-23(21)32(27(28)35)17-19-10-12-20(13-11-19)31-26(34)22-8-6-15-30-22/h4-5,7,9-13,18,22,24-25,30,33H,6,8,14-17H2,1-3H3,(H,31,34)/t18-,22-,24+,25-,28+/m1/s1. The van der Waals surface area contributed by atoms with Gasteiger partial charge in [-0.3, -0.25) is 9.59 Å². The summed E-state index contributed by atoms with van der Waals surface area (Å²) in [5.74, 6) is -0.583. The Morgan fingerprint density at radius 1 is 1.24 bits per heavy atom. The molecule has 0 unspecified atom stereocenters. The van der Waals surface area contributed by atoms with Gasteiger partial charge in [0.05, 0.1) is 24.4 Å². The van der Waals surface area contributed by atoms with Crippen molar-refractivity contribution in [3.05, 3.63) is 59.7 Å². The number of halogens is 1. The Balaban J connectivity index is 1.40. The van der Waals surface area contributed by atoms with Crippen LogP contribution in [0.2, 0.25) is 18.6 Å². The van der Waals surface area contributed by atoms with E-state index in [9.17, 15) is 14.7 Å². The van der Waals surface area contributed by atoms with Crippen LogP contribution in [-0.4, -0.2) is 50.6 Å². The summed E-state index contributed by atoms with van der Waals surface area (Å²) < 4.78 is 22.1. The summed E-state index contributed by atoms with van der Waals surface area (Å²) in [5.41, 5.74) is 1.49. The molecule has 5 rings (SSSR count). The van der Waals surface area contributed by atoms with Gasteiger partial charge in [-0.05, 0) is 62.7 Å². The van der Waals surface area contributed by atoms with Crippen LogP contribution >= 0.6 is 0 Å². The monoisotopic (exact) mass is 525 g/mol. The lowest BCUT2D eigenvalue weighted by Gasteiger charge is -2.31. The quantitative estimate of drug-likeness (QED) is 0.374. The lowest BCUT2D eigenvalue weighted by molar-refractivity contribution is -0.146. The number of para-hydroxylation sites is 1. The lowest BCUT2D eigenvalue weighted by atomic mass is 9.82. The van der Waals surface area contributed by atoms with Crippen LogP contribution in [0.5, 0.6) is 0 Å². The van der Waals surface area contributed by atoms with E-state index in [1.165, 1.54) is 0 Å². The van der Waals surface area contributed by atoms with Crippen LogP contribution in [0.1, 0.15) is 37.3 Å². The van der Waals surface area contributed by atoms with Crippen molar-refractivity contribution in [3.8, 4) is 0 Å². The van der Waals surface area contributed by atoms with Crippen LogP contribution in [0.25, 0.3) is 0 Å². The molecule has 3 heterocycles. The van der Waals surface area contributed by atoms with Crippen molar-refractivity contribution in [1.29, 1.82) is 0 Å². The predicted octanol–water partition coefficient (Wildman–Crippen LogP) is 4.08. The van der Waals surface area contributed by atoms with Crippen molar-refractivity contribution in [1.82, 2.24) is 5.32 Å². The van der Waals surface area contributed by atoms with Gasteiger partial charge in [-0.1, -0.05) is 37.3 Å². The zero-order chi connectivity index (χ0) is 26.4. The van der Waals surface area contributed by atoms with E-state index in [1.54, 1.807) is 18.0 Å². The van der Waals surface area contributed by atoms with E-state index in [2.05, 4.69) is 10.6 Å². The normalized spacial score (nSPS) is 29.2. The summed E-state index contributed by atoms with van der Waals surface area (Å²) in [6, 6.07) is 15.0. The fourth-order valence-electron chi connectivity index (χ4n) is 6.57. The topological polar surface area (TPSA) is 90.9 Å². The molecule has 2 aromatic carbocycles. The van der Waals surface area contributed by atoms with E-state index in [0.717, 1.165) is 36.2 Å². The maximum Gasteiger partial charge on any atom is 0.264 e. The SMILES string of the molecule is C[C@@H]1[C@@H]([Si](C)(C)F)[C@H](CCO)O[C@@]12C(=O)N(Cc1ccc(NC(=O)[C@H]3CCCN3)cc1)c1ccccc12.